The fraction of sp³-hybridized carbons (Fsp3) is 0.400. The molecule has 2 rings (SSSR count). The van der Waals surface area contributed by atoms with Crippen LogP contribution in [0, 0.1) is 5.92 Å². The van der Waals surface area contributed by atoms with E-state index in [0.717, 1.165) is 41.0 Å². The highest BCUT2D eigenvalue weighted by Gasteiger charge is 2.09. The molecule has 3 heteroatoms. The Morgan fingerprint density at radius 1 is 1.44 bits per heavy atom. The lowest BCUT2D eigenvalue weighted by Gasteiger charge is -2.01. The lowest BCUT2D eigenvalue weighted by molar-refractivity contribution is 0.419. The minimum atomic E-state index is 0.684. The first-order valence-electron chi connectivity index (χ1n) is 6.33. The number of fused-ring (bicyclic) bond motifs is 1. The zero-order chi connectivity index (χ0) is 13.1. The molecule has 1 aromatic heterocycles. The number of aromatic nitrogens is 2. The Bertz CT molecular complexity index is 555. The number of ether oxygens (including phenoxy) is 1. The van der Waals surface area contributed by atoms with Crippen LogP contribution in [0.5, 0.6) is 5.75 Å². The second kappa shape index (κ2) is 5.25. The first-order chi connectivity index (χ1) is 8.63. The quantitative estimate of drug-likeness (QED) is 0.868. The zero-order valence-electron chi connectivity index (χ0n) is 11.3. The van der Waals surface area contributed by atoms with Crippen LogP contribution < -0.4 is 4.74 Å². The van der Waals surface area contributed by atoms with E-state index < -0.39 is 0 Å². The van der Waals surface area contributed by atoms with Gasteiger partial charge in [0.2, 0.25) is 0 Å². The van der Waals surface area contributed by atoms with Crippen molar-refractivity contribution >= 4 is 17.1 Å². The van der Waals surface area contributed by atoms with Gasteiger partial charge in [0.25, 0.3) is 0 Å². The van der Waals surface area contributed by atoms with E-state index in [9.17, 15) is 0 Å². The molecule has 0 aliphatic rings. The predicted molar refractivity (Wildman–Crippen MR) is 75.9 cm³/mol. The maximum Gasteiger partial charge on any atom is 0.147 e. The van der Waals surface area contributed by atoms with Gasteiger partial charge in [0, 0.05) is 6.42 Å². The monoisotopic (exact) mass is 244 g/mol. The van der Waals surface area contributed by atoms with Crippen molar-refractivity contribution in [3.05, 3.63) is 30.1 Å². The van der Waals surface area contributed by atoms with E-state index in [0.29, 0.717) is 5.92 Å². The molecule has 2 aromatic rings. The highest BCUT2D eigenvalue weighted by atomic mass is 16.5. The van der Waals surface area contributed by atoms with Gasteiger partial charge in [-0.15, -0.1) is 0 Å². The molecule has 3 nitrogen and oxygen atoms in total. The van der Waals surface area contributed by atoms with Gasteiger partial charge in [-0.1, -0.05) is 26.5 Å². The van der Waals surface area contributed by atoms with E-state index in [1.807, 2.05) is 12.1 Å². The Morgan fingerprint density at radius 3 is 2.83 bits per heavy atom. The van der Waals surface area contributed by atoms with Crippen LogP contribution in [0.1, 0.15) is 31.7 Å². The maximum absolute atomic E-state index is 5.38. The largest absolute Gasteiger partial charge is 0.494 e. The number of nitrogens with zero attached hydrogens (tertiary/aromatic N) is 1. The summed E-state index contributed by atoms with van der Waals surface area (Å²) in [5.41, 5.74) is 2.96. The number of imidazole rings is 1. The summed E-state index contributed by atoms with van der Waals surface area (Å²) in [5, 5.41) is 0. The molecule has 0 radical (unpaired) electrons. The molecule has 0 saturated carbocycles. The van der Waals surface area contributed by atoms with Crippen LogP contribution in [-0.2, 0) is 6.42 Å². The topological polar surface area (TPSA) is 37.9 Å². The number of benzene rings is 1. The smallest absolute Gasteiger partial charge is 0.147 e. The summed E-state index contributed by atoms with van der Waals surface area (Å²) in [7, 11) is 1.67. The first-order valence-corrected chi connectivity index (χ1v) is 6.33. The van der Waals surface area contributed by atoms with E-state index >= 15 is 0 Å². The van der Waals surface area contributed by atoms with E-state index in [1.54, 1.807) is 7.11 Å². The third kappa shape index (κ3) is 2.55. The number of methoxy groups -OCH3 is 1. The van der Waals surface area contributed by atoms with Gasteiger partial charge in [0.15, 0.2) is 0 Å². The highest BCUT2D eigenvalue weighted by molar-refractivity contribution is 5.84. The van der Waals surface area contributed by atoms with E-state index in [2.05, 4.69) is 36.5 Å². The van der Waals surface area contributed by atoms with Crippen molar-refractivity contribution in [2.24, 2.45) is 5.92 Å². The van der Waals surface area contributed by atoms with E-state index in [-0.39, 0.29) is 0 Å². The molecule has 0 spiro atoms. The Morgan fingerprint density at radius 2 is 2.22 bits per heavy atom. The highest BCUT2D eigenvalue weighted by Crippen LogP contribution is 2.26. The van der Waals surface area contributed by atoms with Crippen molar-refractivity contribution < 1.29 is 4.74 Å². The van der Waals surface area contributed by atoms with Crippen LogP contribution in [0.3, 0.4) is 0 Å². The predicted octanol–water partition coefficient (Wildman–Crippen LogP) is 3.80. The first kappa shape index (κ1) is 12.7. The Balaban J connectivity index is 2.39. The second-order valence-corrected chi connectivity index (χ2v) is 4.94. The standard InChI is InChI=1S/C15H20N2O/c1-5-11-8-12-15(13(9-11)18-4)17-14(16-12)7-6-10(2)3/h5,8-10H,1,6-7H2,2-4H3,(H,16,17). The average molecular weight is 244 g/mol. The molecular formula is C15H20N2O. The lowest BCUT2D eigenvalue weighted by Crippen LogP contribution is -1.93. The summed E-state index contributed by atoms with van der Waals surface area (Å²) in [6.07, 6.45) is 3.92. The third-order valence-corrected chi connectivity index (χ3v) is 3.04. The summed E-state index contributed by atoms with van der Waals surface area (Å²) >= 11 is 0. The van der Waals surface area contributed by atoms with Crippen LogP contribution in [-0.4, -0.2) is 17.1 Å². The summed E-state index contributed by atoms with van der Waals surface area (Å²) in [6.45, 7) is 8.23. The minimum absolute atomic E-state index is 0.684. The van der Waals surface area contributed by atoms with Crippen molar-refractivity contribution in [3.8, 4) is 5.75 Å². The van der Waals surface area contributed by atoms with Gasteiger partial charge in [-0.2, -0.15) is 0 Å². The summed E-state index contributed by atoms with van der Waals surface area (Å²) in [4.78, 5) is 7.98. The van der Waals surface area contributed by atoms with Gasteiger partial charge in [0.05, 0.1) is 12.6 Å². The Kier molecular flexibility index (Phi) is 3.70. The molecule has 1 heterocycles. The summed E-state index contributed by atoms with van der Waals surface area (Å²) < 4.78 is 5.38. The zero-order valence-corrected chi connectivity index (χ0v) is 11.3. The van der Waals surface area contributed by atoms with Gasteiger partial charge in [-0.25, -0.2) is 4.98 Å². The Hall–Kier alpha value is -1.77. The van der Waals surface area contributed by atoms with Crippen molar-refractivity contribution in [1.29, 1.82) is 0 Å². The van der Waals surface area contributed by atoms with Crippen molar-refractivity contribution in [2.45, 2.75) is 26.7 Å². The molecule has 0 aliphatic heterocycles. The van der Waals surface area contributed by atoms with Gasteiger partial charge in [-0.3, -0.25) is 0 Å². The number of rotatable bonds is 5. The molecule has 96 valence electrons. The normalized spacial score (nSPS) is 11.1. The molecule has 0 atom stereocenters. The van der Waals surface area contributed by atoms with E-state index in [4.69, 9.17) is 4.74 Å². The van der Waals surface area contributed by atoms with Gasteiger partial charge >= 0.3 is 0 Å². The van der Waals surface area contributed by atoms with Crippen LogP contribution in [0.2, 0.25) is 0 Å². The number of hydrogen-bond donors (Lipinski definition) is 1. The number of hydrogen-bond acceptors (Lipinski definition) is 2. The van der Waals surface area contributed by atoms with Crippen LogP contribution in [0.15, 0.2) is 18.7 Å². The average Bonchev–Trinajstić information content (AvgIpc) is 2.77. The molecule has 1 N–H and O–H groups in total. The van der Waals surface area contributed by atoms with Crippen LogP contribution in [0.4, 0.5) is 0 Å². The summed E-state index contributed by atoms with van der Waals surface area (Å²) in [5.74, 6) is 2.51. The minimum Gasteiger partial charge on any atom is -0.494 e. The maximum atomic E-state index is 5.38. The lowest BCUT2D eigenvalue weighted by atomic mass is 10.1. The van der Waals surface area contributed by atoms with Gasteiger partial charge in [-0.05, 0) is 30.0 Å². The fourth-order valence-corrected chi connectivity index (χ4v) is 1.98. The fourth-order valence-electron chi connectivity index (χ4n) is 1.98. The molecule has 0 amide bonds. The molecule has 0 unspecified atom stereocenters. The number of aryl methyl sites for hydroxylation is 1. The number of H-pyrrole nitrogens is 1. The molecule has 0 fully saturated rings. The van der Waals surface area contributed by atoms with Crippen LogP contribution in [0.25, 0.3) is 17.1 Å². The molecule has 0 aliphatic carbocycles. The van der Waals surface area contributed by atoms with Crippen molar-refractivity contribution in [2.75, 3.05) is 7.11 Å². The Labute approximate surface area is 108 Å². The molecule has 0 saturated heterocycles. The van der Waals surface area contributed by atoms with Crippen molar-refractivity contribution in [1.82, 2.24) is 9.97 Å². The number of aromatic amines is 1. The number of nitrogens with one attached hydrogen (secondary N) is 1. The van der Waals surface area contributed by atoms with Gasteiger partial charge in [0.1, 0.15) is 17.1 Å². The molecule has 18 heavy (non-hydrogen) atoms. The van der Waals surface area contributed by atoms with Crippen LogP contribution >= 0.6 is 0 Å². The summed E-state index contributed by atoms with van der Waals surface area (Å²) in [6, 6.07) is 4.01. The van der Waals surface area contributed by atoms with E-state index in [1.165, 1.54) is 0 Å². The van der Waals surface area contributed by atoms with Crippen molar-refractivity contribution in [3.63, 3.8) is 0 Å². The molecule has 0 bridgehead atoms. The third-order valence-electron chi connectivity index (χ3n) is 3.04. The SMILES string of the molecule is C=Cc1cc(OC)c2nc(CCC(C)C)[nH]c2c1. The molecular weight excluding hydrogens is 224 g/mol. The molecule has 1 aromatic carbocycles. The van der Waals surface area contributed by atoms with Gasteiger partial charge < -0.3 is 9.72 Å². The second-order valence-electron chi connectivity index (χ2n) is 4.94.